The van der Waals surface area contributed by atoms with Crippen molar-refractivity contribution in [3.8, 4) is 0 Å². The third-order valence-corrected chi connectivity index (χ3v) is 4.54. The number of halogens is 2. The van der Waals surface area contributed by atoms with Gasteiger partial charge in [-0.25, -0.2) is 13.6 Å². The van der Waals surface area contributed by atoms with Gasteiger partial charge in [-0.1, -0.05) is 26.7 Å². The lowest BCUT2D eigenvalue weighted by Crippen LogP contribution is -2.35. The van der Waals surface area contributed by atoms with Gasteiger partial charge in [0.1, 0.15) is 0 Å². The Labute approximate surface area is 123 Å². The maximum atomic E-state index is 14.1. The molecule has 3 nitrogen and oxygen atoms in total. The normalized spacial score (nSPS) is 25.5. The molecule has 1 aromatic carbocycles. The Hall–Kier alpha value is -1.65. The first-order chi connectivity index (χ1) is 9.95. The molecule has 5 heteroatoms. The molecule has 0 aromatic heterocycles. The van der Waals surface area contributed by atoms with Gasteiger partial charge in [-0.05, 0) is 30.4 Å². The predicted molar refractivity (Wildman–Crippen MR) is 77.3 cm³/mol. The van der Waals surface area contributed by atoms with Gasteiger partial charge in [-0.3, -0.25) is 0 Å². The lowest BCUT2D eigenvalue weighted by atomic mass is 9.78. The first-order valence-corrected chi connectivity index (χ1v) is 7.28. The molecular formula is C16H21F2NO2. The highest BCUT2D eigenvalue weighted by molar-refractivity contribution is 5.90. The molecule has 2 rings (SSSR count). The molecule has 1 N–H and O–H groups in total. The quantitative estimate of drug-likeness (QED) is 0.857. The van der Waals surface area contributed by atoms with Crippen molar-refractivity contribution in [2.45, 2.75) is 39.2 Å². The number of carbonyl (C=O) groups excluding carboxylic acids is 1. The zero-order chi connectivity index (χ0) is 15.6. The minimum Gasteiger partial charge on any atom is -0.465 e. The van der Waals surface area contributed by atoms with Crippen LogP contribution in [-0.2, 0) is 4.74 Å². The van der Waals surface area contributed by atoms with Crippen molar-refractivity contribution < 1.29 is 18.3 Å². The third-order valence-electron chi connectivity index (χ3n) is 4.54. The van der Waals surface area contributed by atoms with E-state index in [4.69, 9.17) is 0 Å². The van der Waals surface area contributed by atoms with Gasteiger partial charge in [0.05, 0.1) is 18.4 Å². The van der Waals surface area contributed by atoms with E-state index in [9.17, 15) is 13.6 Å². The molecule has 0 aliphatic heterocycles. The molecule has 0 bridgehead atoms. The van der Waals surface area contributed by atoms with E-state index in [1.165, 1.54) is 12.1 Å². The molecule has 21 heavy (non-hydrogen) atoms. The van der Waals surface area contributed by atoms with Crippen molar-refractivity contribution in [1.82, 2.24) is 0 Å². The summed E-state index contributed by atoms with van der Waals surface area (Å²) in [6, 6.07) is 2.77. The van der Waals surface area contributed by atoms with Gasteiger partial charge in [-0.2, -0.15) is 0 Å². The number of nitrogens with one attached hydrogen (secondary N) is 1. The fourth-order valence-electron chi connectivity index (χ4n) is 2.91. The van der Waals surface area contributed by atoms with Gasteiger partial charge >= 0.3 is 5.97 Å². The highest BCUT2D eigenvalue weighted by Gasteiger charge is 2.28. The number of ether oxygens (including phenoxy) is 1. The molecule has 3 atom stereocenters. The number of carbonyl (C=O) groups is 1. The zero-order valence-corrected chi connectivity index (χ0v) is 12.6. The van der Waals surface area contributed by atoms with E-state index in [-0.39, 0.29) is 17.3 Å². The van der Waals surface area contributed by atoms with E-state index in [1.807, 2.05) is 0 Å². The molecule has 1 aliphatic carbocycles. The molecule has 0 radical (unpaired) electrons. The highest BCUT2D eigenvalue weighted by Crippen LogP contribution is 2.32. The van der Waals surface area contributed by atoms with Crippen LogP contribution in [0.5, 0.6) is 0 Å². The summed E-state index contributed by atoms with van der Waals surface area (Å²) in [5, 5.41) is 3.09. The van der Waals surface area contributed by atoms with Crippen molar-refractivity contribution in [1.29, 1.82) is 0 Å². The van der Waals surface area contributed by atoms with Crippen molar-refractivity contribution in [2.24, 2.45) is 11.8 Å². The second kappa shape index (κ2) is 6.41. The van der Waals surface area contributed by atoms with Gasteiger partial charge in [0.2, 0.25) is 0 Å². The highest BCUT2D eigenvalue weighted by atomic mass is 19.2. The molecule has 0 spiro atoms. The molecule has 0 saturated heterocycles. The van der Waals surface area contributed by atoms with Crippen molar-refractivity contribution in [2.75, 3.05) is 12.4 Å². The van der Waals surface area contributed by atoms with Crippen LogP contribution in [0.15, 0.2) is 12.1 Å². The summed E-state index contributed by atoms with van der Waals surface area (Å²) < 4.78 is 32.4. The fraction of sp³-hybridized carbons (Fsp3) is 0.562. The van der Waals surface area contributed by atoms with Crippen LogP contribution in [0.1, 0.15) is 43.5 Å². The molecule has 0 amide bonds. The van der Waals surface area contributed by atoms with E-state index in [2.05, 4.69) is 23.9 Å². The van der Waals surface area contributed by atoms with Gasteiger partial charge in [0.15, 0.2) is 11.6 Å². The summed E-state index contributed by atoms with van der Waals surface area (Å²) in [5.74, 6) is -2.12. The van der Waals surface area contributed by atoms with E-state index in [0.717, 1.165) is 26.4 Å². The molecule has 1 aromatic rings. The van der Waals surface area contributed by atoms with Gasteiger partial charge < -0.3 is 10.1 Å². The van der Waals surface area contributed by atoms with Crippen molar-refractivity contribution in [3.05, 3.63) is 29.3 Å². The number of rotatable bonds is 3. The van der Waals surface area contributed by atoms with Crippen molar-refractivity contribution in [3.63, 3.8) is 0 Å². The molecule has 1 saturated carbocycles. The smallest absolute Gasteiger partial charge is 0.340 e. The average molecular weight is 297 g/mol. The molecule has 1 aliphatic rings. The number of benzene rings is 1. The van der Waals surface area contributed by atoms with Gasteiger partial charge in [0.25, 0.3) is 0 Å². The summed E-state index contributed by atoms with van der Waals surface area (Å²) in [6.07, 6.45) is 3.18. The molecule has 0 heterocycles. The van der Waals surface area contributed by atoms with Crippen LogP contribution in [0.25, 0.3) is 0 Å². The largest absolute Gasteiger partial charge is 0.465 e. The molecule has 3 unspecified atom stereocenters. The minimum absolute atomic E-state index is 0.103. The molecule has 1 fully saturated rings. The first-order valence-electron chi connectivity index (χ1n) is 7.28. The minimum atomic E-state index is -1.16. The second-order valence-electron chi connectivity index (χ2n) is 5.80. The first kappa shape index (κ1) is 15.7. The summed E-state index contributed by atoms with van der Waals surface area (Å²) in [4.78, 5) is 11.3. The molecular weight excluding hydrogens is 276 g/mol. The monoisotopic (exact) mass is 297 g/mol. The van der Waals surface area contributed by atoms with Crippen LogP contribution in [0.3, 0.4) is 0 Å². The van der Waals surface area contributed by atoms with Crippen LogP contribution in [0.4, 0.5) is 14.5 Å². The van der Waals surface area contributed by atoms with Crippen LogP contribution in [0, 0.1) is 23.5 Å². The lowest BCUT2D eigenvalue weighted by Gasteiger charge is -2.35. The Bertz CT molecular complexity index is 533. The predicted octanol–water partition coefficient (Wildman–Crippen LogP) is 3.99. The second-order valence-corrected chi connectivity index (χ2v) is 5.80. The van der Waals surface area contributed by atoms with E-state index >= 15 is 0 Å². The Balaban J connectivity index is 2.21. The summed E-state index contributed by atoms with van der Waals surface area (Å²) in [7, 11) is 1.14. The third kappa shape index (κ3) is 3.17. The summed E-state index contributed by atoms with van der Waals surface area (Å²) in [5.41, 5.74) is -0.281. The fourth-order valence-corrected chi connectivity index (χ4v) is 2.91. The Morgan fingerprint density at radius 2 is 1.95 bits per heavy atom. The Morgan fingerprint density at radius 1 is 1.24 bits per heavy atom. The number of esters is 1. The van der Waals surface area contributed by atoms with E-state index < -0.39 is 17.6 Å². The lowest BCUT2D eigenvalue weighted by molar-refractivity contribution is 0.0594. The van der Waals surface area contributed by atoms with Crippen molar-refractivity contribution >= 4 is 11.7 Å². The summed E-state index contributed by atoms with van der Waals surface area (Å²) in [6.45, 7) is 4.30. The number of anilines is 1. The van der Waals surface area contributed by atoms with Crippen LogP contribution in [-0.4, -0.2) is 19.1 Å². The van der Waals surface area contributed by atoms with Crippen LogP contribution < -0.4 is 5.32 Å². The maximum Gasteiger partial charge on any atom is 0.340 e. The Kier molecular flexibility index (Phi) is 4.80. The molecule has 116 valence electrons. The average Bonchev–Trinajstić information content (AvgIpc) is 2.48. The Morgan fingerprint density at radius 3 is 2.62 bits per heavy atom. The summed E-state index contributed by atoms with van der Waals surface area (Å²) >= 11 is 0. The van der Waals surface area contributed by atoms with Gasteiger partial charge in [-0.15, -0.1) is 0 Å². The van der Waals surface area contributed by atoms with Crippen LogP contribution >= 0.6 is 0 Å². The van der Waals surface area contributed by atoms with Crippen LogP contribution in [0.2, 0.25) is 0 Å². The van der Waals surface area contributed by atoms with E-state index in [0.29, 0.717) is 11.8 Å². The topological polar surface area (TPSA) is 38.3 Å². The standard InChI is InChI=1S/C16H21F2NO2/c1-9-5-4-6-12(10(9)2)19-13-8-7-11(16(20)21-3)14(17)15(13)18/h7-10,12,19H,4-6H2,1-3H3. The SMILES string of the molecule is COC(=O)c1ccc(NC2CCCC(C)C2C)c(F)c1F. The van der Waals surface area contributed by atoms with E-state index in [1.54, 1.807) is 0 Å². The van der Waals surface area contributed by atoms with Gasteiger partial charge in [0, 0.05) is 6.04 Å². The number of hydrogen-bond donors (Lipinski definition) is 1. The number of methoxy groups -OCH3 is 1. The maximum absolute atomic E-state index is 14.1. The zero-order valence-electron chi connectivity index (χ0n) is 12.6. The number of hydrogen-bond acceptors (Lipinski definition) is 3.